The average molecular weight is 333 g/mol. The highest BCUT2D eigenvalue weighted by Gasteiger charge is 2.16. The lowest BCUT2D eigenvalue weighted by molar-refractivity contribution is 0.0996. The number of carbonyl (C=O) groups is 1. The molecule has 0 spiro atoms. The van der Waals surface area contributed by atoms with E-state index in [1.807, 2.05) is 42.5 Å². The lowest BCUT2D eigenvalue weighted by Crippen LogP contribution is -2.12. The van der Waals surface area contributed by atoms with Gasteiger partial charge in [-0.15, -0.1) is 18.2 Å². The first-order valence-corrected chi connectivity index (χ1v) is 8.37. The summed E-state index contributed by atoms with van der Waals surface area (Å²) in [7, 11) is 0. The van der Waals surface area contributed by atoms with Gasteiger partial charge in [0.25, 0.3) is 5.91 Å². The van der Waals surface area contributed by atoms with Crippen molar-refractivity contribution >= 4 is 23.4 Å². The van der Waals surface area contributed by atoms with Crippen LogP contribution in [0.5, 0.6) is 0 Å². The first-order chi connectivity index (χ1) is 11.8. The summed E-state index contributed by atoms with van der Waals surface area (Å²) in [5, 5.41) is 2.82. The quantitative estimate of drug-likeness (QED) is 0.538. The Labute approximate surface area is 145 Å². The molecule has 3 nitrogen and oxygen atoms in total. The Balaban J connectivity index is 1.70. The zero-order chi connectivity index (χ0) is 16.8. The number of nitrogens with one attached hydrogen (secondary N) is 1. The smallest absolute Gasteiger partial charge is 0.291 e. The Morgan fingerprint density at radius 1 is 1.12 bits per heavy atom. The van der Waals surface area contributed by atoms with Gasteiger partial charge >= 0.3 is 0 Å². The highest BCUT2D eigenvalue weighted by atomic mass is 32.2. The fourth-order valence-electron chi connectivity index (χ4n) is 2.20. The number of furan rings is 1. The first-order valence-electron chi connectivity index (χ1n) is 7.38. The van der Waals surface area contributed by atoms with E-state index in [-0.39, 0.29) is 5.91 Å². The Kier molecular flexibility index (Phi) is 5.05. The van der Waals surface area contributed by atoms with Crippen molar-refractivity contribution in [2.24, 2.45) is 0 Å². The molecule has 0 aliphatic carbocycles. The molecule has 0 saturated heterocycles. The van der Waals surface area contributed by atoms with Gasteiger partial charge in [0.15, 0.2) is 5.76 Å². The fraction of sp³-hybridized carbons (Fsp3) is 0.0500. The lowest BCUT2D eigenvalue weighted by atomic mass is 10.2. The summed E-state index contributed by atoms with van der Waals surface area (Å²) in [6, 6.07) is 19.0. The van der Waals surface area contributed by atoms with Gasteiger partial charge in [-0.25, -0.2) is 0 Å². The van der Waals surface area contributed by atoms with Crippen molar-refractivity contribution in [2.45, 2.75) is 10.6 Å². The third-order valence-electron chi connectivity index (χ3n) is 3.38. The molecule has 0 aliphatic rings. The number of terminal acetylenes is 1. The summed E-state index contributed by atoms with van der Waals surface area (Å²) in [5.41, 5.74) is 2.22. The van der Waals surface area contributed by atoms with Crippen LogP contribution in [0.25, 0.3) is 0 Å². The van der Waals surface area contributed by atoms with Crippen LogP contribution >= 0.6 is 11.8 Å². The molecular formula is C20H15NO2S. The SMILES string of the molecule is C#Cc1cccc(NC(=O)c2occc2CSc2ccccc2)c1. The molecule has 3 aromatic rings. The highest BCUT2D eigenvalue weighted by Crippen LogP contribution is 2.25. The molecule has 0 aliphatic heterocycles. The summed E-state index contributed by atoms with van der Waals surface area (Å²) in [6.45, 7) is 0. The number of thioether (sulfide) groups is 1. The maximum Gasteiger partial charge on any atom is 0.291 e. The van der Waals surface area contributed by atoms with Crippen LogP contribution in [-0.4, -0.2) is 5.91 Å². The Morgan fingerprint density at radius 2 is 1.96 bits per heavy atom. The van der Waals surface area contributed by atoms with Crippen molar-refractivity contribution in [2.75, 3.05) is 5.32 Å². The van der Waals surface area contributed by atoms with Gasteiger partial charge in [0.1, 0.15) is 0 Å². The van der Waals surface area contributed by atoms with Crippen molar-refractivity contribution < 1.29 is 9.21 Å². The molecule has 1 aromatic heterocycles. The molecule has 0 bridgehead atoms. The van der Waals surface area contributed by atoms with Crippen LogP contribution in [0.1, 0.15) is 21.7 Å². The van der Waals surface area contributed by atoms with Gasteiger partial charge in [-0.1, -0.05) is 30.2 Å². The lowest BCUT2D eigenvalue weighted by Gasteiger charge is -2.06. The highest BCUT2D eigenvalue weighted by molar-refractivity contribution is 7.98. The van der Waals surface area contributed by atoms with E-state index < -0.39 is 0 Å². The van der Waals surface area contributed by atoms with E-state index in [0.29, 0.717) is 22.8 Å². The molecule has 1 heterocycles. The van der Waals surface area contributed by atoms with Gasteiger partial charge in [-0.2, -0.15) is 0 Å². The predicted octanol–water partition coefficient (Wildman–Crippen LogP) is 4.81. The standard InChI is InChI=1S/C20H15NO2S/c1-2-15-7-6-8-17(13-15)21-20(22)19-16(11-12-23-19)14-24-18-9-4-3-5-10-18/h1,3-13H,14H2,(H,21,22). The molecular weight excluding hydrogens is 318 g/mol. The summed E-state index contributed by atoms with van der Waals surface area (Å²) < 4.78 is 5.38. The molecule has 0 unspecified atom stereocenters. The maximum atomic E-state index is 12.4. The zero-order valence-corrected chi connectivity index (χ0v) is 13.7. The van der Waals surface area contributed by atoms with E-state index in [4.69, 9.17) is 10.8 Å². The minimum absolute atomic E-state index is 0.280. The molecule has 1 N–H and O–H groups in total. The van der Waals surface area contributed by atoms with E-state index in [1.165, 1.54) is 6.26 Å². The number of hydrogen-bond donors (Lipinski definition) is 1. The summed E-state index contributed by atoms with van der Waals surface area (Å²) in [6.07, 6.45) is 6.91. The van der Waals surface area contributed by atoms with Gasteiger partial charge in [0.05, 0.1) is 6.26 Å². The Morgan fingerprint density at radius 3 is 2.75 bits per heavy atom. The Hall–Kier alpha value is -2.90. The number of amides is 1. The zero-order valence-electron chi connectivity index (χ0n) is 12.9. The second-order valence-electron chi connectivity index (χ2n) is 5.06. The molecule has 0 saturated carbocycles. The van der Waals surface area contributed by atoms with Crippen molar-refractivity contribution in [1.82, 2.24) is 0 Å². The molecule has 118 valence electrons. The molecule has 3 rings (SSSR count). The largest absolute Gasteiger partial charge is 0.459 e. The van der Waals surface area contributed by atoms with Crippen LogP contribution in [0.4, 0.5) is 5.69 Å². The van der Waals surface area contributed by atoms with Crippen molar-refractivity contribution in [3.05, 3.63) is 83.8 Å². The number of carbonyl (C=O) groups excluding carboxylic acids is 1. The van der Waals surface area contributed by atoms with Gasteiger partial charge in [-0.05, 0) is 36.4 Å². The van der Waals surface area contributed by atoms with Crippen LogP contribution in [0, 0.1) is 12.3 Å². The van der Waals surface area contributed by atoms with E-state index in [2.05, 4.69) is 11.2 Å². The second kappa shape index (κ2) is 7.58. The van der Waals surface area contributed by atoms with Crippen LogP contribution in [0.3, 0.4) is 0 Å². The molecule has 2 aromatic carbocycles. The number of rotatable bonds is 5. The minimum atomic E-state index is -0.280. The van der Waals surface area contributed by atoms with Crippen LogP contribution in [-0.2, 0) is 5.75 Å². The first kappa shape index (κ1) is 16.0. The maximum absolute atomic E-state index is 12.4. The average Bonchev–Trinajstić information content (AvgIpc) is 3.10. The van der Waals surface area contributed by atoms with Gasteiger partial charge in [-0.3, -0.25) is 4.79 Å². The van der Waals surface area contributed by atoms with Crippen molar-refractivity contribution in [3.63, 3.8) is 0 Å². The van der Waals surface area contributed by atoms with Gasteiger partial charge in [0.2, 0.25) is 0 Å². The molecule has 0 fully saturated rings. The number of hydrogen-bond acceptors (Lipinski definition) is 3. The van der Waals surface area contributed by atoms with Crippen LogP contribution < -0.4 is 5.32 Å². The van der Waals surface area contributed by atoms with E-state index in [0.717, 1.165) is 10.5 Å². The predicted molar refractivity (Wildman–Crippen MR) is 97.0 cm³/mol. The number of benzene rings is 2. The Bertz CT molecular complexity index is 878. The summed E-state index contributed by atoms with van der Waals surface area (Å²) in [4.78, 5) is 13.6. The summed E-state index contributed by atoms with van der Waals surface area (Å²) in [5.74, 6) is 3.25. The summed E-state index contributed by atoms with van der Waals surface area (Å²) >= 11 is 1.66. The molecule has 24 heavy (non-hydrogen) atoms. The van der Waals surface area contributed by atoms with Crippen LogP contribution in [0.15, 0.2) is 76.2 Å². The third-order valence-corrected chi connectivity index (χ3v) is 4.44. The molecule has 0 atom stereocenters. The molecule has 4 heteroatoms. The minimum Gasteiger partial charge on any atom is -0.459 e. The molecule has 1 amide bonds. The molecule has 0 radical (unpaired) electrons. The van der Waals surface area contributed by atoms with E-state index in [9.17, 15) is 4.79 Å². The second-order valence-corrected chi connectivity index (χ2v) is 6.10. The van der Waals surface area contributed by atoms with Crippen LogP contribution in [0.2, 0.25) is 0 Å². The van der Waals surface area contributed by atoms with E-state index in [1.54, 1.807) is 30.0 Å². The van der Waals surface area contributed by atoms with E-state index >= 15 is 0 Å². The van der Waals surface area contributed by atoms with Crippen molar-refractivity contribution in [1.29, 1.82) is 0 Å². The monoisotopic (exact) mass is 333 g/mol. The van der Waals surface area contributed by atoms with Gasteiger partial charge < -0.3 is 9.73 Å². The normalized spacial score (nSPS) is 10.1. The van der Waals surface area contributed by atoms with Gasteiger partial charge in [0, 0.05) is 27.5 Å². The van der Waals surface area contributed by atoms with Crippen molar-refractivity contribution in [3.8, 4) is 12.3 Å². The fourth-order valence-corrected chi connectivity index (χ4v) is 3.10. The number of anilines is 1. The third kappa shape index (κ3) is 3.89. The topological polar surface area (TPSA) is 42.2 Å².